The zero-order valence-corrected chi connectivity index (χ0v) is 11.4. The minimum atomic E-state index is -0.0606. The van der Waals surface area contributed by atoms with Crippen molar-refractivity contribution in [3.05, 3.63) is 21.0 Å². The van der Waals surface area contributed by atoms with E-state index in [1.54, 1.807) is 6.20 Å². The lowest BCUT2D eigenvalue weighted by Crippen LogP contribution is -2.24. The summed E-state index contributed by atoms with van der Waals surface area (Å²) in [6, 6.07) is 0. The minimum absolute atomic E-state index is 0.0606. The average Bonchev–Trinajstić information content (AvgIpc) is 2.30. The van der Waals surface area contributed by atoms with Crippen molar-refractivity contribution in [3.63, 3.8) is 0 Å². The van der Waals surface area contributed by atoms with Crippen LogP contribution >= 0.6 is 15.9 Å². The van der Waals surface area contributed by atoms with Crippen LogP contribution in [0.3, 0.4) is 0 Å². The summed E-state index contributed by atoms with van der Waals surface area (Å²) >= 11 is 3.32. The summed E-state index contributed by atoms with van der Waals surface area (Å²) in [4.78, 5) is 11.9. The Kier molecular flexibility index (Phi) is 5.52. The Morgan fingerprint density at radius 2 is 2.19 bits per heavy atom. The molecule has 0 saturated carbocycles. The molecule has 0 spiro atoms. The zero-order chi connectivity index (χ0) is 12.0. The van der Waals surface area contributed by atoms with Crippen molar-refractivity contribution in [1.82, 2.24) is 9.78 Å². The molecule has 0 saturated heterocycles. The monoisotopic (exact) mass is 287 g/mol. The van der Waals surface area contributed by atoms with Crippen LogP contribution in [0.2, 0.25) is 0 Å². The predicted molar refractivity (Wildman–Crippen MR) is 69.9 cm³/mol. The lowest BCUT2D eigenvalue weighted by atomic mass is 10.3. The van der Waals surface area contributed by atoms with Crippen LogP contribution in [0.25, 0.3) is 0 Å². The molecule has 4 nitrogen and oxygen atoms in total. The van der Waals surface area contributed by atoms with Gasteiger partial charge in [-0.05, 0) is 28.8 Å². The standard InChI is InChI=1S/C11H18BrN3O/c1-3-5-7-15-11(16)10(12)9(8-14-15)13-6-4-2/h8,13H,3-7H2,1-2H3. The molecule has 1 aromatic rings. The van der Waals surface area contributed by atoms with Crippen LogP contribution in [0.5, 0.6) is 0 Å². The van der Waals surface area contributed by atoms with Gasteiger partial charge in [0.15, 0.2) is 0 Å². The fraction of sp³-hybridized carbons (Fsp3) is 0.636. The van der Waals surface area contributed by atoms with Crippen LogP contribution in [-0.4, -0.2) is 16.3 Å². The summed E-state index contributed by atoms with van der Waals surface area (Å²) in [7, 11) is 0. The van der Waals surface area contributed by atoms with Gasteiger partial charge in [0.25, 0.3) is 5.56 Å². The summed E-state index contributed by atoms with van der Waals surface area (Å²) in [6.07, 6.45) is 4.75. The number of hydrogen-bond acceptors (Lipinski definition) is 3. The highest BCUT2D eigenvalue weighted by atomic mass is 79.9. The molecule has 0 aromatic carbocycles. The van der Waals surface area contributed by atoms with Gasteiger partial charge in [-0.1, -0.05) is 20.3 Å². The van der Waals surface area contributed by atoms with Crippen molar-refractivity contribution >= 4 is 21.6 Å². The van der Waals surface area contributed by atoms with Gasteiger partial charge in [0.2, 0.25) is 0 Å². The molecule has 0 bridgehead atoms. The van der Waals surface area contributed by atoms with E-state index in [0.717, 1.165) is 31.5 Å². The molecule has 1 rings (SSSR count). The van der Waals surface area contributed by atoms with Crippen molar-refractivity contribution in [1.29, 1.82) is 0 Å². The first-order valence-electron chi connectivity index (χ1n) is 5.70. The van der Waals surface area contributed by atoms with Crippen LogP contribution in [0, 0.1) is 0 Å². The number of nitrogens with zero attached hydrogens (tertiary/aromatic N) is 2. The molecule has 0 aliphatic carbocycles. The van der Waals surface area contributed by atoms with E-state index in [1.165, 1.54) is 4.68 Å². The minimum Gasteiger partial charge on any atom is -0.383 e. The number of aromatic nitrogens is 2. The van der Waals surface area contributed by atoms with E-state index >= 15 is 0 Å². The van der Waals surface area contributed by atoms with E-state index in [0.29, 0.717) is 11.0 Å². The maximum atomic E-state index is 11.9. The fourth-order valence-electron chi connectivity index (χ4n) is 1.32. The van der Waals surface area contributed by atoms with E-state index in [4.69, 9.17) is 0 Å². The highest BCUT2D eigenvalue weighted by Gasteiger charge is 2.07. The van der Waals surface area contributed by atoms with Crippen LogP contribution in [-0.2, 0) is 6.54 Å². The predicted octanol–water partition coefficient (Wildman–Crippen LogP) is 2.63. The van der Waals surface area contributed by atoms with Gasteiger partial charge in [0.05, 0.1) is 11.9 Å². The molecule has 0 aliphatic heterocycles. The molecule has 5 heteroatoms. The molecule has 16 heavy (non-hydrogen) atoms. The molecule has 0 atom stereocenters. The van der Waals surface area contributed by atoms with Crippen LogP contribution in [0.1, 0.15) is 33.1 Å². The molecular weight excluding hydrogens is 270 g/mol. The highest BCUT2D eigenvalue weighted by molar-refractivity contribution is 9.10. The Labute approximate surface area is 104 Å². The fourth-order valence-corrected chi connectivity index (χ4v) is 1.76. The van der Waals surface area contributed by atoms with E-state index in [1.807, 2.05) is 0 Å². The Balaban J connectivity index is 2.85. The molecule has 1 aromatic heterocycles. The van der Waals surface area contributed by atoms with Gasteiger partial charge in [-0.15, -0.1) is 0 Å². The summed E-state index contributed by atoms with van der Waals surface area (Å²) in [5, 5.41) is 7.31. The topological polar surface area (TPSA) is 46.9 Å². The molecule has 0 unspecified atom stereocenters. The molecule has 0 fully saturated rings. The van der Waals surface area contributed by atoms with Gasteiger partial charge in [0.1, 0.15) is 4.47 Å². The summed E-state index contributed by atoms with van der Waals surface area (Å²) in [5.41, 5.74) is 0.717. The van der Waals surface area contributed by atoms with E-state index < -0.39 is 0 Å². The first kappa shape index (κ1) is 13.2. The third kappa shape index (κ3) is 3.33. The van der Waals surface area contributed by atoms with Crippen molar-refractivity contribution < 1.29 is 0 Å². The van der Waals surface area contributed by atoms with Crippen molar-refractivity contribution in [2.45, 2.75) is 39.7 Å². The lowest BCUT2D eigenvalue weighted by Gasteiger charge is -2.09. The van der Waals surface area contributed by atoms with Crippen LogP contribution < -0.4 is 10.9 Å². The quantitative estimate of drug-likeness (QED) is 0.875. The van der Waals surface area contributed by atoms with E-state index in [2.05, 4.69) is 40.2 Å². The first-order chi connectivity index (χ1) is 7.70. The second-order valence-corrected chi connectivity index (χ2v) is 4.47. The second-order valence-electron chi connectivity index (χ2n) is 3.68. The Morgan fingerprint density at radius 3 is 2.81 bits per heavy atom. The van der Waals surface area contributed by atoms with Gasteiger partial charge in [0, 0.05) is 13.1 Å². The smallest absolute Gasteiger partial charge is 0.283 e. The molecule has 0 amide bonds. The molecule has 1 N–H and O–H groups in total. The maximum Gasteiger partial charge on any atom is 0.283 e. The number of anilines is 1. The van der Waals surface area contributed by atoms with Gasteiger partial charge in [-0.25, -0.2) is 4.68 Å². The van der Waals surface area contributed by atoms with Gasteiger partial charge in [-0.3, -0.25) is 4.79 Å². The van der Waals surface area contributed by atoms with Crippen LogP contribution in [0.4, 0.5) is 5.69 Å². The van der Waals surface area contributed by atoms with Crippen molar-refractivity contribution in [2.75, 3.05) is 11.9 Å². The molecule has 0 radical (unpaired) electrons. The normalized spacial score (nSPS) is 10.4. The highest BCUT2D eigenvalue weighted by Crippen LogP contribution is 2.15. The summed E-state index contributed by atoms with van der Waals surface area (Å²) in [5.74, 6) is 0. The van der Waals surface area contributed by atoms with Crippen molar-refractivity contribution in [2.24, 2.45) is 0 Å². The Bertz CT molecular complexity index is 389. The van der Waals surface area contributed by atoms with Gasteiger partial charge < -0.3 is 5.32 Å². The second kappa shape index (κ2) is 6.68. The summed E-state index contributed by atoms with van der Waals surface area (Å²) < 4.78 is 2.08. The third-order valence-corrected chi connectivity index (χ3v) is 3.04. The third-order valence-electron chi connectivity index (χ3n) is 2.27. The Morgan fingerprint density at radius 1 is 1.44 bits per heavy atom. The molecule has 0 aliphatic rings. The lowest BCUT2D eigenvalue weighted by molar-refractivity contribution is 0.541. The van der Waals surface area contributed by atoms with E-state index in [9.17, 15) is 4.79 Å². The van der Waals surface area contributed by atoms with Crippen LogP contribution in [0.15, 0.2) is 15.5 Å². The zero-order valence-electron chi connectivity index (χ0n) is 9.79. The van der Waals surface area contributed by atoms with Gasteiger partial charge in [-0.2, -0.15) is 5.10 Å². The molecule has 1 heterocycles. The Hall–Kier alpha value is -0.840. The first-order valence-corrected chi connectivity index (χ1v) is 6.49. The SMILES string of the molecule is CCCCn1ncc(NCCC)c(Br)c1=O. The number of nitrogens with one attached hydrogen (secondary N) is 1. The largest absolute Gasteiger partial charge is 0.383 e. The van der Waals surface area contributed by atoms with E-state index in [-0.39, 0.29) is 5.56 Å². The van der Waals surface area contributed by atoms with Crippen molar-refractivity contribution in [3.8, 4) is 0 Å². The molecule has 90 valence electrons. The summed E-state index contributed by atoms with van der Waals surface area (Å²) in [6.45, 7) is 5.70. The number of unbranched alkanes of at least 4 members (excludes halogenated alkanes) is 1. The number of aryl methyl sites for hydroxylation is 1. The maximum absolute atomic E-state index is 11.9. The number of rotatable bonds is 6. The number of halogens is 1. The number of hydrogen-bond donors (Lipinski definition) is 1. The average molecular weight is 288 g/mol. The van der Waals surface area contributed by atoms with Gasteiger partial charge >= 0.3 is 0 Å². The molecular formula is C11H18BrN3O.